The lowest BCUT2D eigenvalue weighted by Gasteiger charge is -2.34. The first-order valence-electron chi connectivity index (χ1n) is 6.82. The monoisotopic (exact) mass is 298 g/mol. The Bertz CT molecular complexity index is 453. The Hall–Kier alpha value is -1.02. The van der Waals surface area contributed by atoms with Crippen LogP contribution < -0.4 is 11.1 Å². The third-order valence-electron chi connectivity index (χ3n) is 3.08. The van der Waals surface area contributed by atoms with Gasteiger partial charge in [0.25, 0.3) is 0 Å². The van der Waals surface area contributed by atoms with Crippen LogP contribution in [-0.4, -0.2) is 47.1 Å². The molecule has 3 unspecified atom stereocenters. The lowest BCUT2D eigenvalue weighted by molar-refractivity contribution is -0.117. The van der Waals surface area contributed by atoms with Gasteiger partial charge in [0.05, 0.1) is 23.9 Å². The van der Waals surface area contributed by atoms with E-state index in [1.54, 1.807) is 6.92 Å². The lowest BCUT2D eigenvalue weighted by Crippen LogP contribution is -2.44. The van der Waals surface area contributed by atoms with Gasteiger partial charge in [0.15, 0.2) is 5.13 Å². The van der Waals surface area contributed by atoms with E-state index in [9.17, 15) is 4.79 Å². The highest BCUT2D eigenvalue weighted by atomic mass is 32.1. The number of carbonyl (C=O) groups is 1. The fourth-order valence-corrected chi connectivity index (χ4v) is 3.00. The summed E-state index contributed by atoms with van der Waals surface area (Å²) in [5.74, 6) is -0.209. The predicted molar refractivity (Wildman–Crippen MR) is 79.7 cm³/mol. The normalized spacial score (nSPS) is 25.4. The van der Waals surface area contributed by atoms with Crippen molar-refractivity contribution in [2.75, 3.05) is 18.4 Å². The van der Waals surface area contributed by atoms with E-state index < -0.39 is 6.04 Å². The molecule has 1 saturated heterocycles. The number of morpholine rings is 1. The van der Waals surface area contributed by atoms with Gasteiger partial charge in [0.1, 0.15) is 0 Å². The Labute approximate surface area is 123 Å². The van der Waals surface area contributed by atoms with Crippen LogP contribution in [0.2, 0.25) is 0 Å². The maximum absolute atomic E-state index is 11.5. The summed E-state index contributed by atoms with van der Waals surface area (Å²) in [7, 11) is 0. The molecular formula is C13H22N4O2S. The summed E-state index contributed by atoms with van der Waals surface area (Å²) in [5, 5.41) is 5.30. The molecule has 1 aromatic rings. The van der Waals surface area contributed by atoms with Gasteiger partial charge in [-0.05, 0) is 20.8 Å². The zero-order valence-corrected chi connectivity index (χ0v) is 12.9. The van der Waals surface area contributed by atoms with Crippen molar-refractivity contribution in [1.82, 2.24) is 9.88 Å². The van der Waals surface area contributed by atoms with E-state index in [4.69, 9.17) is 10.5 Å². The molecule has 20 heavy (non-hydrogen) atoms. The SMILES string of the molecule is CC1CN(Cc2csc(NC(=O)C(C)N)n2)CC(C)O1. The van der Waals surface area contributed by atoms with Gasteiger partial charge in [-0.25, -0.2) is 4.98 Å². The highest BCUT2D eigenvalue weighted by molar-refractivity contribution is 7.13. The second-order valence-electron chi connectivity index (χ2n) is 5.37. The Morgan fingerprint density at radius 2 is 2.25 bits per heavy atom. The molecule has 6 nitrogen and oxygen atoms in total. The van der Waals surface area contributed by atoms with Crippen molar-refractivity contribution in [2.24, 2.45) is 5.73 Å². The van der Waals surface area contributed by atoms with E-state index in [1.165, 1.54) is 11.3 Å². The van der Waals surface area contributed by atoms with Crippen molar-refractivity contribution in [3.8, 4) is 0 Å². The first-order valence-corrected chi connectivity index (χ1v) is 7.70. The molecule has 2 heterocycles. The zero-order valence-electron chi connectivity index (χ0n) is 12.1. The lowest BCUT2D eigenvalue weighted by atomic mass is 10.2. The Balaban J connectivity index is 1.91. The summed E-state index contributed by atoms with van der Waals surface area (Å²) < 4.78 is 5.71. The standard InChI is InChI=1S/C13H22N4O2S/c1-8-4-17(5-9(2)19-8)6-11-7-20-13(15-11)16-12(18)10(3)14/h7-10H,4-6,14H2,1-3H3,(H,15,16,18). The molecule has 1 aliphatic rings. The van der Waals surface area contributed by atoms with E-state index in [2.05, 4.69) is 29.0 Å². The highest BCUT2D eigenvalue weighted by Gasteiger charge is 2.22. The van der Waals surface area contributed by atoms with Crippen LogP contribution in [-0.2, 0) is 16.1 Å². The van der Waals surface area contributed by atoms with Crippen LogP contribution in [0.25, 0.3) is 0 Å². The van der Waals surface area contributed by atoms with Gasteiger partial charge < -0.3 is 15.8 Å². The number of hydrogen-bond acceptors (Lipinski definition) is 6. The van der Waals surface area contributed by atoms with Crippen LogP contribution in [0.1, 0.15) is 26.5 Å². The molecule has 1 aliphatic heterocycles. The molecule has 2 rings (SSSR count). The topological polar surface area (TPSA) is 80.5 Å². The van der Waals surface area contributed by atoms with Crippen molar-refractivity contribution < 1.29 is 9.53 Å². The third-order valence-corrected chi connectivity index (χ3v) is 3.88. The number of anilines is 1. The van der Waals surface area contributed by atoms with Crippen molar-refractivity contribution in [3.63, 3.8) is 0 Å². The van der Waals surface area contributed by atoms with Crippen LogP contribution >= 0.6 is 11.3 Å². The number of nitrogens with one attached hydrogen (secondary N) is 1. The maximum Gasteiger partial charge on any atom is 0.242 e. The highest BCUT2D eigenvalue weighted by Crippen LogP contribution is 2.19. The molecule has 112 valence electrons. The van der Waals surface area contributed by atoms with Gasteiger partial charge in [0, 0.05) is 25.0 Å². The molecule has 1 amide bonds. The molecule has 0 saturated carbocycles. The average molecular weight is 298 g/mol. The molecule has 0 aliphatic carbocycles. The molecule has 1 fully saturated rings. The van der Waals surface area contributed by atoms with Crippen LogP contribution in [0.4, 0.5) is 5.13 Å². The van der Waals surface area contributed by atoms with Crippen molar-refractivity contribution >= 4 is 22.4 Å². The van der Waals surface area contributed by atoms with Gasteiger partial charge in [-0.3, -0.25) is 9.69 Å². The Morgan fingerprint density at radius 3 is 2.85 bits per heavy atom. The van der Waals surface area contributed by atoms with E-state index in [1.807, 2.05) is 5.38 Å². The first kappa shape index (κ1) is 15.4. The van der Waals surface area contributed by atoms with Crippen LogP contribution in [0.15, 0.2) is 5.38 Å². The summed E-state index contributed by atoms with van der Waals surface area (Å²) in [6, 6.07) is -0.525. The molecule has 7 heteroatoms. The van der Waals surface area contributed by atoms with Gasteiger partial charge in [0.2, 0.25) is 5.91 Å². The molecule has 0 aromatic carbocycles. The number of hydrogen-bond donors (Lipinski definition) is 2. The van der Waals surface area contributed by atoms with Crippen LogP contribution in [0.5, 0.6) is 0 Å². The number of thiazole rings is 1. The molecule has 0 spiro atoms. The summed E-state index contributed by atoms with van der Waals surface area (Å²) in [4.78, 5) is 18.3. The molecule has 3 N–H and O–H groups in total. The smallest absolute Gasteiger partial charge is 0.242 e. The summed E-state index contributed by atoms with van der Waals surface area (Å²) in [6.45, 7) is 8.41. The Morgan fingerprint density at radius 1 is 1.60 bits per heavy atom. The molecule has 0 bridgehead atoms. The number of nitrogens with zero attached hydrogens (tertiary/aromatic N) is 2. The maximum atomic E-state index is 11.5. The van der Waals surface area contributed by atoms with Gasteiger partial charge in [-0.1, -0.05) is 0 Å². The minimum Gasteiger partial charge on any atom is -0.373 e. The zero-order chi connectivity index (χ0) is 14.7. The van der Waals surface area contributed by atoms with Crippen molar-refractivity contribution in [3.05, 3.63) is 11.1 Å². The van der Waals surface area contributed by atoms with Crippen molar-refractivity contribution in [2.45, 2.75) is 45.6 Å². The number of aromatic nitrogens is 1. The second-order valence-corrected chi connectivity index (χ2v) is 6.23. The molecular weight excluding hydrogens is 276 g/mol. The van der Waals surface area contributed by atoms with Gasteiger partial charge in [-0.15, -0.1) is 11.3 Å². The summed E-state index contributed by atoms with van der Waals surface area (Å²) in [6.07, 6.45) is 0.490. The van der Waals surface area contributed by atoms with Crippen LogP contribution in [0, 0.1) is 0 Å². The summed E-state index contributed by atoms with van der Waals surface area (Å²) in [5.41, 5.74) is 6.48. The first-order chi connectivity index (χ1) is 9.44. The van der Waals surface area contributed by atoms with E-state index in [0.717, 1.165) is 25.3 Å². The minimum atomic E-state index is -0.525. The summed E-state index contributed by atoms with van der Waals surface area (Å²) >= 11 is 1.43. The molecule has 3 atom stereocenters. The number of rotatable bonds is 4. The fraction of sp³-hybridized carbons (Fsp3) is 0.692. The number of carbonyl (C=O) groups excluding carboxylic acids is 1. The van der Waals surface area contributed by atoms with Crippen molar-refractivity contribution in [1.29, 1.82) is 0 Å². The van der Waals surface area contributed by atoms with E-state index in [0.29, 0.717) is 5.13 Å². The molecule has 0 radical (unpaired) electrons. The van der Waals surface area contributed by atoms with E-state index >= 15 is 0 Å². The third kappa shape index (κ3) is 4.24. The second kappa shape index (κ2) is 6.62. The van der Waals surface area contributed by atoms with Gasteiger partial charge in [-0.2, -0.15) is 0 Å². The Kier molecular flexibility index (Phi) is 5.09. The largest absolute Gasteiger partial charge is 0.373 e. The number of nitrogens with two attached hydrogens (primary N) is 1. The van der Waals surface area contributed by atoms with E-state index in [-0.39, 0.29) is 18.1 Å². The predicted octanol–water partition coefficient (Wildman–Crippen LogP) is 1.04. The quantitative estimate of drug-likeness (QED) is 0.868. The fourth-order valence-electron chi connectivity index (χ4n) is 2.30. The van der Waals surface area contributed by atoms with Gasteiger partial charge >= 0.3 is 0 Å². The molecule has 1 aromatic heterocycles. The average Bonchev–Trinajstić information content (AvgIpc) is 2.74. The minimum absolute atomic E-state index is 0.209. The number of amides is 1. The van der Waals surface area contributed by atoms with Crippen LogP contribution in [0.3, 0.4) is 0 Å². The number of ether oxygens (including phenoxy) is 1.